The fraction of sp³-hybridized carbons (Fsp3) is 0.222. The topological polar surface area (TPSA) is 70.2 Å². The molecule has 23 heavy (non-hydrogen) atoms. The van der Waals surface area contributed by atoms with Crippen molar-refractivity contribution in [3.05, 3.63) is 65.7 Å². The molecule has 3 N–H and O–H groups in total. The van der Waals surface area contributed by atoms with Gasteiger partial charge in [-0.3, -0.25) is 14.9 Å². The standard InChI is InChI=1S/C18H21N3O2/c1-13-8-10-15(11-9-13)21-18(23)17(20-12-16(22)19-2)14-6-4-3-5-7-14/h3-11,17,20H,12H2,1-2H3,(H,19,22)(H,21,23)/t17-/m0/s1. The van der Waals surface area contributed by atoms with Crippen LogP contribution in [-0.2, 0) is 9.59 Å². The second-order valence-electron chi connectivity index (χ2n) is 5.25. The highest BCUT2D eigenvalue weighted by Crippen LogP contribution is 2.16. The molecule has 2 aromatic carbocycles. The number of anilines is 1. The van der Waals surface area contributed by atoms with Crippen LogP contribution in [0.5, 0.6) is 0 Å². The average Bonchev–Trinajstić information content (AvgIpc) is 2.58. The lowest BCUT2D eigenvalue weighted by Crippen LogP contribution is -2.39. The molecular formula is C18H21N3O2. The summed E-state index contributed by atoms with van der Waals surface area (Å²) in [4.78, 5) is 24.1. The van der Waals surface area contributed by atoms with E-state index in [2.05, 4.69) is 16.0 Å². The maximum Gasteiger partial charge on any atom is 0.246 e. The summed E-state index contributed by atoms with van der Waals surface area (Å²) in [6, 6.07) is 16.3. The third-order valence-electron chi connectivity index (χ3n) is 3.46. The SMILES string of the molecule is CNC(=O)CN[C@H](C(=O)Nc1ccc(C)cc1)c1ccccc1. The van der Waals surface area contributed by atoms with Crippen molar-refractivity contribution in [2.45, 2.75) is 13.0 Å². The molecule has 0 spiro atoms. The summed E-state index contributed by atoms with van der Waals surface area (Å²) >= 11 is 0. The second-order valence-corrected chi connectivity index (χ2v) is 5.25. The fourth-order valence-electron chi connectivity index (χ4n) is 2.14. The number of carbonyl (C=O) groups is 2. The Morgan fingerprint density at radius 1 is 1.00 bits per heavy atom. The van der Waals surface area contributed by atoms with Gasteiger partial charge in [0.2, 0.25) is 11.8 Å². The van der Waals surface area contributed by atoms with Crippen LogP contribution in [0.25, 0.3) is 0 Å². The minimum atomic E-state index is -0.602. The zero-order valence-corrected chi connectivity index (χ0v) is 13.3. The van der Waals surface area contributed by atoms with Gasteiger partial charge in [0.05, 0.1) is 6.54 Å². The van der Waals surface area contributed by atoms with E-state index in [9.17, 15) is 9.59 Å². The minimum absolute atomic E-state index is 0.0668. The van der Waals surface area contributed by atoms with Crippen molar-refractivity contribution in [1.29, 1.82) is 0 Å². The Hall–Kier alpha value is -2.66. The summed E-state index contributed by atoms with van der Waals surface area (Å²) in [6.07, 6.45) is 0. The van der Waals surface area contributed by atoms with Gasteiger partial charge in [0.25, 0.3) is 0 Å². The average molecular weight is 311 g/mol. The Morgan fingerprint density at radius 3 is 2.26 bits per heavy atom. The van der Waals surface area contributed by atoms with Crippen LogP contribution in [0.4, 0.5) is 5.69 Å². The predicted octanol–water partition coefficient (Wildman–Crippen LogP) is 2.01. The third kappa shape index (κ3) is 4.93. The number of hydrogen-bond donors (Lipinski definition) is 3. The van der Waals surface area contributed by atoms with Gasteiger partial charge in [-0.15, -0.1) is 0 Å². The van der Waals surface area contributed by atoms with Gasteiger partial charge >= 0.3 is 0 Å². The molecule has 0 heterocycles. The first-order chi connectivity index (χ1) is 11.1. The number of nitrogens with one attached hydrogen (secondary N) is 3. The smallest absolute Gasteiger partial charge is 0.246 e. The van der Waals surface area contributed by atoms with Crippen molar-refractivity contribution in [3.63, 3.8) is 0 Å². The van der Waals surface area contributed by atoms with Crippen molar-refractivity contribution in [1.82, 2.24) is 10.6 Å². The lowest BCUT2D eigenvalue weighted by Gasteiger charge is -2.18. The Morgan fingerprint density at radius 2 is 1.65 bits per heavy atom. The highest BCUT2D eigenvalue weighted by molar-refractivity contribution is 5.96. The maximum absolute atomic E-state index is 12.6. The van der Waals surface area contributed by atoms with E-state index in [0.29, 0.717) is 0 Å². The molecule has 0 unspecified atom stereocenters. The van der Waals surface area contributed by atoms with Crippen molar-refractivity contribution in [2.24, 2.45) is 0 Å². The van der Waals surface area contributed by atoms with E-state index in [-0.39, 0.29) is 18.4 Å². The van der Waals surface area contributed by atoms with E-state index in [1.807, 2.05) is 61.5 Å². The van der Waals surface area contributed by atoms with Crippen molar-refractivity contribution < 1.29 is 9.59 Å². The van der Waals surface area contributed by atoms with E-state index in [1.54, 1.807) is 7.05 Å². The van der Waals surface area contributed by atoms with E-state index in [0.717, 1.165) is 16.8 Å². The zero-order valence-electron chi connectivity index (χ0n) is 13.3. The molecule has 5 nitrogen and oxygen atoms in total. The van der Waals surface area contributed by atoms with Crippen molar-refractivity contribution >= 4 is 17.5 Å². The van der Waals surface area contributed by atoms with Crippen LogP contribution < -0.4 is 16.0 Å². The minimum Gasteiger partial charge on any atom is -0.358 e. The quantitative estimate of drug-likeness (QED) is 0.764. The van der Waals surface area contributed by atoms with Gasteiger partial charge in [0.15, 0.2) is 0 Å². The zero-order chi connectivity index (χ0) is 16.7. The Bertz CT molecular complexity index is 654. The largest absolute Gasteiger partial charge is 0.358 e. The molecule has 0 aliphatic carbocycles. The highest BCUT2D eigenvalue weighted by atomic mass is 16.2. The molecule has 0 fully saturated rings. The van der Waals surface area contributed by atoms with Gasteiger partial charge in [0, 0.05) is 12.7 Å². The van der Waals surface area contributed by atoms with E-state index < -0.39 is 6.04 Å². The van der Waals surface area contributed by atoms with Gasteiger partial charge in [-0.1, -0.05) is 48.0 Å². The van der Waals surface area contributed by atoms with Crippen LogP contribution in [0.3, 0.4) is 0 Å². The molecule has 0 radical (unpaired) electrons. The van der Waals surface area contributed by atoms with Crippen LogP contribution in [-0.4, -0.2) is 25.4 Å². The molecule has 0 saturated heterocycles. The molecule has 2 rings (SSSR count). The molecule has 0 saturated carbocycles. The summed E-state index contributed by atoms with van der Waals surface area (Å²) < 4.78 is 0. The van der Waals surface area contributed by atoms with Gasteiger partial charge in [0.1, 0.15) is 6.04 Å². The molecule has 1 atom stereocenters. The van der Waals surface area contributed by atoms with E-state index in [4.69, 9.17) is 0 Å². The highest BCUT2D eigenvalue weighted by Gasteiger charge is 2.20. The summed E-state index contributed by atoms with van der Waals surface area (Å²) in [5.41, 5.74) is 2.66. The molecule has 120 valence electrons. The van der Waals surface area contributed by atoms with Gasteiger partial charge < -0.3 is 10.6 Å². The fourth-order valence-corrected chi connectivity index (χ4v) is 2.14. The van der Waals surface area contributed by atoms with Crippen LogP contribution in [0, 0.1) is 6.92 Å². The molecule has 0 aliphatic heterocycles. The Labute approximate surface area is 136 Å². The van der Waals surface area contributed by atoms with Crippen molar-refractivity contribution in [2.75, 3.05) is 18.9 Å². The first-order valence-corrected chi connectivity index (χ1v) is 7.46. The predicted molar refractivity (Wildman–Crippen MR) is 91.1 cm³/mol. The monoisotopic (exact) mass is 311 g/mol. The lowest BCUT2D eigenvalue weighted by atomic mass is 10.1. The molecular weight excluding hydrogens is 290 g/mol. The van der Waals surface area contributed by atoms with Crippen LogP contribution >= 0.6 is 0 Å². The lowest BCUT2D eigenvalue weighted by molar-refractivity contribution is -0.120. The number of benzene rings is 2. The Balaban J connectivity index is 2.13. The molecule has 0 aliphatic rings. The molecule has 2 aromatic rings. The van der Waals surface area contributed by atoms with Gasteiger partial charge in [-0.05, 0) is 24.6 Å². The third-order valence-corrected chi connectivity index (χ3v) is 3.46. The molecule has 0 aromatic heterocycles. The summed E-state index contributed by atoms with van der Waals surface area (Å²) in [5, 5.41) is 8.40. The number of aryl methyl sites for hydroxylation is 1. The van der Waals surface area contributed by atoms with Crippen LogP contribution in [0.1, 0.15) is 17.2 Å². The molecule has 5 heteroatoms. The Kier molecular flexibility index (Phi) is 5.88. The molecule has 2 amide bonds. The summed E-state index contributed by atoms with van der Waals surface area (Å²) in [5.74, 6) is -0.377. The van der Waals surface area contributed by atoms with Gasteiger partial charge in [-0.2, -0.15) is 0 Å². The second kappa shape index (κ2) is 8.10. The number of carbonyl (C=O) groups excluding carboxylic acids is 2. The first-order valence-electron chi connectivity index (χ1n) is 7.46. The number of likely N-dealkylation sites (N-methyl/N-ethyl adjacent to an activating group) is 1. The number of rotatable bonds is 6. The van der Waals surface area contributed by atoms with Crippen molar-refractivity contribution in [3.8, 4) is 0 Å². The summed E-state index contributed by atoms with van der Waals surface area (Å²) in [6.45, 7) is 2.06. The normalized spacial score (nSPS) is 11.6. The number of amides is 2. The van der Waals surface area contributed by atoms with Crippen LogP contribution in [0.2, 0.25) is 0 Å². The number of hydrogen-bond acceptors (Lipinski definition) is 3. The molecule has 0 bridgehead atoms. The van der Waals surface area contributed by atoms with E-state index in [1.165, 1.54) is 0 Å². The van der Waals surface area contributed by atoms with Gasteiger partial charge in [-0.25, -0.2) is 0 Å². The first kappa shape index (κ1) is 16.7. The van der Waals surface area contributed by atoms with E-state index >= 15 is 0 Å². The van der Waals surface area contributed by atoms with Crippen LogP contribution in [0.15, 0.2) is 54.6 Å². The summed E-state index contributed by atoms with van der Waals surface area (Å²) in [7, 11) is 1.56. The maximum atomic E-state index is 12.6.